The Morgan fingerprint density at radius 2 is 0.868 bits per heavy atom. The molecule has 4 fully saturated rings. The van der Waals surface area contributed by atoms with Gasteiger partial charge in [0.15, 0.2) is 0 Å². The van der Waals surface area contributed by atoms with Crippen LogP contribution in [0.4, 0.5) is 0 Å². The highest BCUT2D eigenvalue weighted by Gasteiger charge is 2.27. The zero-order valence-electron chi connectivity index (χ0n) is 26.2. The SMILES string of the molecule is CC(C)C1CCC(=O)C1.CC(C)C1CCC(=O)CC1.CC(C)C1CCCC1=O.CC(C)C1CCCCC1=O. The normalized spacial score (nSPS) is 26.3. The molecule has 3 unspecified atom stereocenters. The lowest BCUT2D eigenvalue weighted by Gasteiger charge is -2.23. The predicted molar refractivity (Wildman–Crippen MR) is 158 cm³/mol. The first-order valence-corrected chi connectivity index (χ1v) is 15.9. The first-order chi connectivity index (χ1) is 17.8. The number of carbonyl (C=O) groups excluding carboxylic acids is 4. The van der Waals surface area contributed by atoms with E-state index >= 15 is 0 Å². The van der Waals surface area contributed by atoms with Crippen molar-refractivity contribution in [1.29, 1.82) is 0 Å². The minimum Gasteiger partial charge on any atom is -0.300 e. The van der Waals surface area contributed by atoms with E-state index in [4.69, 9.17) is 0 Å². The third-order valence-electron chi connectivity index (χ3n) is 9.32. The number of hydrogen-bond acceptors (Lipinski definition) is 4. The zero-order valence-corrected chi connectivity index (χ0v) is 26.2. The molecule has 0 N–H and O–H groups in total. The molecule has 0 aromatic carbocycles. The molecule has 220 valence electrons. The molecule has 0 bridgehead atoms. The van der Waals surface area contributed by atoms with Gasteiger partial charge in [-0.25, -0.2) is 0 Å². The van der Waals surface area contributed by atoms with Gasteiger partial charge in [0.1, 0.15) is 23.1 Å². The van der Waals surface area contributed by atoms with E-state index in [1.807, 2.05) is 0 Å². The van der Waals surface area contributed by atoms with E-state index in [9.17, 15) is 19.2 Å². The van der Waals surface area contributed by atoms with Crippen LogP contribution in [-0.4, -0.2) is 23.1 Å². The van der Waals surface area contributed by atoms with Gasteiger partial charge in [0.2, 0.25) is 0 Å². The molecule has 4 aliphatic rings. The van der Waals surface area contributed by atoms with Crippen molar-refractivity contribution in [2.45, 2.75) is 145 Å². The van der Waals surface area contributed by atoms with E-state index in [2.05, 4.69) is 55.4 Å². The number of rotatable bonds is 4. The summed E-state index contributed by atoms with van der Waals surface area (Å²) in [6, 6.07) is 0. The molecule has 0 saturated heterocycles. The van der Waals surface area contributed by atoms with Crippen molar-refractivity contribution in [2.75, 3.05) is 0 Å². The molecule has 0 aromatic rings. The van der Waals surface area contributed by atoms with Crippen LogP contribution in [0.2, 0.25) is 0 Å². The van der Waals surface area contributed by atoms with Crippen LogP contribution in [0.5, 0.6) is 0 Å². The fourth-order valence-corrected chi connectivity index (χ4v) is 6.30. The summed E-state index contributed by atoms with van der Waals surface area (Å²) in [5.41, 5.74) is 0. The van der Waals surface area contributed by atoms with Crippen LogP contribution in [0.3, 0.4) is 0 Å². The summed E-state index contributed by atoms with van der Waals surface area (Å²) in [5, 5.41) is 0. The summed E-state index contributed by atoms with van der Waals surface area (Å²) in [7, 11) is 0. The summed E-state index contributed by atoms with van der Waals surface area (Å²) < 4.78 is 0. The van der Waals surface area contributed by atoms with Gasteiger partial charge in [-0.15, -0.1) is 0 Å². The molecular formula is C34H60O4. The number of hydrogen-bond donors (Lipinski definition) is 0. The van der Waals surface area contributed by atoms with Crippen LogP contribution >= 0.6 is 0 Å². The molecule has 4 saturated carbocycles. The Morgan fingerprint density at radius 3 is 1.16 bits per heavy atom. The lowest BCUT2D eigenvalue weighted by Crippen LogP contribution is -2.23. The zero-order chi connectivity index (χ0) is 28.8. The quantitative estimate of drug-likeness (QED) is 0.363. The monoisotopic (exact) mass is 532 g/mol. The Bertz CT molecular complexity index is 723. The maximum absolute atomic E-state index is 11.2. The van der Waals surface area contributed by atoms with Crippen molar-refractivity contribution < 1.29 is 19.2 Å². The number of ketones is 4. The van der Waals surface area contributed by atoms with E-state index in [1.54, 1.807) is 0 Å². The highest BCUT2D eigenvalue weighted by molar-refractivity contribution is 5.83. The van der Waals surface area contributed by atoms with E-state index in [0.29, 0.717) is 58.6 Å². The lowest BCUT2D eigenvalue weighted by atomic mass is 9.81. The van der Waals surface area contributed by atoms with Gasteiger partial charge >= 0.3 is 0 Å². The van der Waals surface area contributed by atoms with Crippen molar-refractivity contribution >= 4 is 23.1 Å². The Labute approximate surface area is 234 Å². The molecule has 3 atom stereocenters. The third-order valence-corrected chi connectivity index (χ3v) is 9.32. The molecule has 0 radical (unpaired) electrons. The Morgan fingerprint density at radius 1 is 0.447 bits per heavy atom. The van der Waals surface area contributed by atoms with E-state index in [1.165, 1.54) is 6.42 Å². The van der Waals surface area contributed by atoms with Gasteiger partial charge in [0.25, 0.3) is 0 Å². The summed E-state index contributed by atoms with van der Waals surface area (Å²) in [4.78, 5) is 43.8. The van der Waals surface area contributed by atoms with Crippen LogP contribution in [0.25, 0.3) is 0 Å². The molecule has 0 heterocycles. The van der Waals surface area contributed by atoms with E-state index < -0.39 is 0 Å². The van der Waals surface area contributed by atoms with Crippen LogP contribution in [0, 0.1) is 47.3 Å². The van der Waals surface area contributed by atoms with Crippen molar-refractivity contribution in [3.05, 3.63) is 0 Å². The molecule has 0 spiro atoms. The molecule has 4 aliphatic carbocycles. The number of carbonyl (C=O) groups is 4. The van der Waals surface area contributed by atoms with Gasteiger partial charge in [-0.05, 0) is 80.5 Å². The Hall–Kier alpha value is -1.32. The highest BCUT2D eigenvalue weighted by atomic mass is 16.1. The summed E-state index contributed by atoms with van der Waals surface area (Å²) in [5.74, 6) is 6.82. The molecule has 4 heteroatoms. The maximum atomic E-state index is 11.2. The summed E-state index contributed by atoms with van der Waals surface area (Å²) in [6.07, 6.45) is 14.2. The van der Waals surface area contributed by atoms with Gasteiger partial charge < -0.3 is 0 Å². The van der Waals surface area contributed by atoms with Gasteiger partial charge in [-0.2, -0.15) is 0 Å². The molecule has 0 amide bonds. The highest BCUT2D eigenvalue weighted by Crippen LogP contribution is 2.29. The smallest absolute Gasteiger partial charge is 0.136 e. The minimum atomic E-state index is 0.383. The summed E-state index contributed by atoms with van der Waals surface area (Å²) >= 11 is 0. The van der Waals surface area contributed by atoms with Gasteiger partial charge in [0, 0.05) is 50.4 Å². The van der Waals surface area contributed by atoms with Gasteiger partial charge in [-0.1, -0.05) is 61.8 Å². The molecule has 4 nitrogen and oxygen atoms in total. The third kappa shape index (κ3) is 13.2. The van der Waals surface area contributed by atoms with Gasteiger partial charge in [0.05, 0.1) is 0 Å². The maximum Gasteiger partial charge on any atom is 0.136 e. The van der Waals surface area contributed by atoms with Crippen molar-refractivity contribution in [3.63, 3.8) is 0 Å². The predicted octanol–water partition coefficient (Wildman–Crippen LogP) is 8.83. The lowest BCUT2D eigenvalue weighted by molar-refractivity contribution is -0.126. The Kier molecular flexibility index (Phi) is 16.5. The largest absolute Gasteiger partial charge is 0.300 e. The van der Waals surface area contributed by atoms with E-state index in [-0.39, 0.29) is 0 Å². The molecular weight excluding hydrogens is 472 g/mol. The van der Waals surface area contributed by atoms with E-state index in [0.717, 1.165) is 95.3 Å². The second kappa shape index (κ2) is 18.1. The average Bonchev–Trinajstić information content (AvgIpc) is 3.49. The van der Waals surface area contributed by atoms with Crippen LogP contribution < -0.4 is 0 Å². The topological polar surface area (TPSA) is 68.3 Å². The van der Waals surface area contributed by atoms with Crippen molar-refractivity contribution in [1.82, 2.24) is 0 Å². The second-order valence-electron chi connectivity index (χ2n) is 13.7. The van der Waals surface area contributed by atoms with Crippen LogP contribution in [0.15, 0.2) is 0 Å². The Balaban J connectivity index is 0.000000254. The first kappa shape index (κ1) is 34.7. The standard InChI is InChI=1S/2C9H16O.2C8H14O/c1-7(2)8-3-5-9(10)6-4-8;1-7(2)8-5-3-4-6-9(8)10;1-6(2)7-3-4-8(9)5-7;1-6(2)7-4-3-5-8(7)9/h2*7-8H,3-6H2,1-2H3;2*6-7H,3-5H2,1-2H3. The van der Waals surface area contributed by atoms with Crippen molar-refractivity contribution in [3.8, 4) is 0 Å². The summed E-state index contributed by atoms with van der Waals surface area (Å²) in [6.45, 7) is 17.5. The van der Waals surface area contributed by atoms with Crippen LogP contribution in [-0.2, 0) is 19.2 Å². The van der Waals surface area contributed by atoms with Crippen molar-refractivity contribution in [2.24, 2.45) is 47.3 Å². The fourth-order valence-electron chi connectivity index (χ4n) is 6.30. The fraction of sp³-hybridized carbons (Fsp3) is 0.882. The molecule has 4 rings (SSSR count). The molecule has 0 aliphatic heterocycles. The average molecular weight is 533 g/mol. The number of Topliss-reactive ketones (excluding diaryl/α,β-unsaturated/α-hetero) is 4. The molecule has 38 heavy (non-hydrogen) atoms. The minimum absolute atomic E-state index is 0.383. The second-order valence-corrected chi connectivity index (χ2v) is 13.7. The van der Waals surface area contributed by atoms with Gasteiger partial charge in [-0.3, -0.25) is 19.2 Å². The first-order valence-electron chi connectivity index (χ1n) is 15.9. The van der Waals surface area contributed by atoms with Crippen LogP contribution in [0.1, 0.15) is 145 Å². The molecule has 0 aromatic heterocycles.